The van der Waals surface area contributed by atoms with E-state index in [2.05, 4.69) is 25.9 Å². The fraction of sp³-hybridized carbons (Fsp3) is 0.154. The average Bonchev–Trinajstić information content (AvgIpc) is 2.91. The van der Waals surface area contributed by atoms with Crippen LogP contribution in [0.3, 0.4) is 0 Å². The van der Waals surface area contributed by atoms with Crippen LogP contribution in [0.4, 0.5) is 33.2 Å². The summed E-state index contributed by atoms with van der Waals surface area (Å²) in [6.45, 7) is 3.11. The minimum absolute atomic E-state index is 0.00671. The minimum Gasteiger partial charge on any atom is -0.369 e. The van der Waals surface area contributed by atoms with E-state index >= 15 is 0 Å². The lowest BCUT2D eigenvalue weighted by Gasteiger charge is -2.21. The first-order valence-electron chi connectivity index (χ1n) is 12.0. The van der Waals surface area contributed by atoms with Crippen molar-refractivity contribution in [1.82, 2.24) is 9.97 Å². The smallest absolute Gasteiger partial charge is 0.238 e. The Kier molecular flexibility index (Phi) is 8.80. The number of benzene rings is 3. The molecule has 15 heteroatoms. The zero-order chi connectivity index (χ0) is 29.9. The Morgan fingerprint density at radius 1 is 0.951 bits per heavy atom. The average molecular weight is 621 g/mol. The summed E-state index contributed by atoms with van der Waals surface area (Å²) in [4.78, 5) is 8.53. The highest BCUT2D eigenvalue weighted by molar-refractivity contribution is 7.92. The molecule has 3 aromatic carbocycles. The number of para-hydroxylation sites is 2. The van der Waals surface area contributed by atoms with E-state index < -0.39 is 37.2 Å². The van der Waals surface area contributed by atoms with Crippen molar-refractivity contribution in [2.75, 3.05) is 16.0 Å². The summed E-state index contributed by atoms with van der Waals surface area (Å²) in [6.07, 6.45) is -0.327. The zero-order valence-corrected chi connectivity index (χ0v) is 24.1. The van der Waals surface area contributed by atoms with Crippen LogP contribution < -0.4 is 21.1 Å². The molecule has 1 heterocycles. The summed E-state index contributed by atoms with van der Waals surface area (Å²) < 4.78 is 63.6. The maximum absolute atomic E-state index is 14.4. The maximum Gasteiger partial charge on any atom is 0.238 e. The summed E-state index contributed by atoms with van der Waals surface area (Å²) in [7, 11) is -7.61. The van der Waals surface area contributed by atoms with Gasteiger partial charge in [-0.05, 0) is 62.4 Å². The topological polar surface area (TPSA) is 176 Å². The van der Waals surface area contributed by atoms with Crippen LogP contribution in [-0.4, -0.2) is 37.2 Å². The van der Waals surface area contributed by atoms with Crippen LogP contribution in [0.25, 0.3) is 0 Å². The second-order valence-corrected chi connectivity index (χ2v) is 13.5. The first-order valence-corrected chi connectivity index (χ1v) is 15.5. The minimum atomic E-state index is -3.89. The van der Waals surface area contributed by atoms with Crippen molar-refractivity contribution >= 4 is 60.3 Å². The van der Waals surface area contributed by atoms with Crippen LogP contribution in [0.1, 0.15) is 25.6 Å². The summed E-state index contributed by atoms with van der Waals surface area (Å²) in [5.74, 6) is -0.705. The predicted octanol–water partition coefficient (Wildman–Crippen LogP) is 4.69. The molecule has 41 heavy (non-hydrogen) atoms. The Morgan fingerprint density at radius 2 is 1.63 bits per heavy atom. The van der Waals surface area contributed by atoms with Gasteiger partial charge in [-0.1, -0.05) is 29.8 Å². The Morgan fingerprint density at radius 3 is 2.27 bits per heavy atom. The third-order valence-electron chi connectivity index (χ3n) is 5.86. The molecule has 0 radical (unpaired) electrons. The van der Waals surface area contributed by atoms with Crippen LogP contribution >= 0.6 is 11.6 Å². The van der Waals surface area contributed by atoms with Crippen LogP contribution in [-0.2, 0) is 19.9 Å². The fourth-order valence-electron chi connectivity index (χ4n) is 3.66. The highest BCUT2D eigenvalue weighted by Crippen LogP contribution is 2.33. The number of anilines is 5. The Labute approximate surface area is 241 Å². The monoisotopic (exact) mass is 620 g/mol. The highest BCUT2D eigenvalue weighted by Gasteiger charge is 2.25. The number of primary sulfonamides is 1. The zero-order valence-electron chi connectivity index (χ0n) is 21.7. The SMILES string of the molecule is CC(C)S(=O)(=O)c1ccccc1Nc1nc(Nc2ccc(S(N)(=O)=O)cc2)ncc1C(O)Nc1c(F)cccc1Cl. The van der Waals surface area contributed by atoms with Crippen molar-refractivity contribution in [1.29, 1.82) is 0 Å². The number of nitrogens with one attached hydrogen (secondary N) is 3. The number of rotatable bonds is 10. The number of nitrogens with two attached hydrogens (primary N) is 1. The Balaban J connectivity index is 1.75. The molecular weight excluding hydrogens is 595 g/mol. The molecule has 0 fully saturated rings. The van der Waals surface area contributed by atoms with Gasteiger partial charge in [-0.3, -0.25) is 0 Å². The van der Waals surface area contributed by atoms with Crippen molar-refractivity contribution in [3.63, 3.8) is 0 Å². The molecule has 0 saturated heterocycles. The van der Waals surface area contributed by atoms with Crippen LogP contribution in [0.2, 0.25) is 5.02 Å². The van der Waals surface area contributed by atoms with Crippen LogP contribution in [0, 0.1) is 5.82 Å². The second kappa shape index (κ2) is 12.0. The number of aliphatic hydroxyl groups is 1. The molecule has 0 aliphatic heterocycles. The van der Waals surface area contributed by atoms with Gasteiger partial charge < -0.3 is 21.1 Å². The molecule has 1 aromatic heterocycles. The number of sulfone groups is 1. The quantitative estimate of drug-likeness (QED) is 0.156. The standard InChI is InChI=1S/C26H26ClFN6O5S2/c1-15(2)40(36,37)22-9-4-3-8-21(22)32-24-18(25(35)33-23-19(27)6-5-7-20(23)28)14-30-26(34-24)31-16-10-12-17(13-11-16)41(29,38)39/h3-15,25,33,35H,1-2H3,(H2,29,38,39)(H2,30,31,32,34). The molecule has 4 aromatic rings. The summed E-state index contributed by atoms with van der Waals surface area (Å²) >= 11 is 6.10. The molecule has 4 rings (SSSR count). The van der Waals surface area contributed by atoms with Gasteiger partial charge in [-0.15, -0.1) is 0 Å². The van der Waals surface area contributed by atoms with Gasteiger partial charge in [0.2, 0.25) is 16.0 Å². The van der Waals surface area contributed by atoms with Crippen molar-refractivity contribution in [2.45, 2.75) is 35.1 Å². The first kappa shape index (κ1) is 30.1. The number of halogens is 2. The summed E-state index contributed by atoms with van der Waals surface area (Å²) in [5, 5.41) is 23.9. The lowest BCUT2D eigenvalue weighted by molar-refractivity contribution is 0.207. The largest absolute Gasteiger partial charge is 0.369 e. The molecule has 0 spiro atoms. The van der Waals surface area contributed by atoms with E-state index in [-0.39, 0.29) is 43.5 Å². The van der Waals surface area contributed by atoms with Crippen molar-refractivity contribution < 1.29 is 26.3 Å². The van der Waals surface area contributed by atoms with Crippen LogP contribution in [0.15, 0.2) is 82.7 Å². The second-order valence-electron chi connectivity index (χ2n) is 9.05. The molecule has 1 unspecified atom stereocenters. The van der Waals surface area contributed by atoms with E-state index in [0.717, 1.165) is 6.07 Å². The number of hydrogen-bond donors (Lipinski definition) is 5. The number of nitrogens with zero attached hydrogens (tertiary/aromatic N) is 2. The van der Waals surface area contributed by atoms with Gasteiger partial charge in [0, 0.05) is 11.9 Å². The van der Waals surface area contributed by atoms with Gasteiger partial charge in [-0.25, -0.2) is 31.3 Å². The van der Waals surface area contributed by atoms with Gasteiger partial charge in [0.15, 0.2) is 16.1 Å². The van der Waals surface area contributed by atoms with E-state index in [4.69, 9.17) is 16.7 Å². The molecule has 0 amide bonds. The molecule has 6 N–H and O–H groups in total. The number of hydrogen-bond acceptors (Lipinski definition) is 10. The van der Waals surface area contributed by atoms with E-state index in [9.17, 15) is 26.3 Å². The molecule has 0 bridgehead atoms. The summed E-state index contributed by atoms with van der Waals surface area (Å²) in [6, 6.07) is 15.7. The predicted molar refractivity (Wildman–Crippen MR) is 155 cm³/mol. The fourth-order valence-corrected chi connectivity index (χ4v) is 5.59. The number of aromatic nitrogens is 2. The lowest BCUT2D eigenvalue weighted by atomic mass is 10.2. The first-order chi connectivity index (χ1) is 19.3. The van der Waals surface area contributed by atoms with Crippen molar-refractivity contribution in [3.05, 3.63) is 89.3 Å². The van der Waals surface area contributed by atoms with E-state index in [1.54, 1.807) is 26.0 Å². The molecule has 216 valence electrons. The van der Waals surface area contributed by atoms with Gasteiger partial charge in [0.1, 0.15) is 11.6 Å². The van der Waals surface area contributed by atoms with Gasteiger partial charge in [-0.2, -0.15) is 4.98 Å². The molecule has 0 aliphatic rings. The lowest BCUT2D eigenvalue weighted by Crippen LogP contribution is -2.17. The van der Waals surface area contributed by atoms with Crippen molar-refractivity contribution in [2.24, 2.45) is 5.14 Å². The molecule has 0 aliphatic carbocycles. The summed E-state index contributed by atoms with van der Waals surface area (Å²) in [5.41, 5.74) is 0.472. The van der Waals surface area contributed by atoms with Crippen molar-refractivity contribution in [3.8, 4) is 0 Å². The van der Waals surface area contributed by atoms with Gasteiger partial charge in [0.25, 0.3) is 0 Å². The normalized spacial score (nSPS) is 12.7. The Hall–Kier alpha value is -3.82. The highest BCUT2D eigenvalue weighted by atomic mass is 35.5. The van der Waals surface area contributed by atoms with Crippen LogP contribution in [0.5, 0.6) is 0 Å². The van der Waals surface area contributed by atoms with Gasteiger partial charge in [0.05, 0.1) is 37.0 Å². The van der Waals surface area contributed by atoms with E-state index in [1.807, 2.05) is 0 Å². The molecule has 0 saturated carbocycles. The molecular formula is C26H26ClFN6O5S2. The van der Waals surface area contributed by atoms with E-state index in [1.165, 1.54) is 54.7 Å². The third kappa shape index (κ3) is 6.92. The molecule has 1 atom stereocenters. The Bertz CT molecular complexity index is 1770. The maximum atomic E-state index is 14.4. The number of aliphatic hydroxyl groups excluding tert-OH is 1. The third-order valence-corrected chi connectivity index (χ3v) is 9.32. The van der Waals surface area contributed by atoms with E-state index in [0.29, 0.717) is 5.69 Å². The number of sulfonamides is 1. The molecule has 11 nitrogen and oxygen atoms in total. The van der Waals surface area contributed by atoms with Gasteiger partial charge >= 0.3 is 0 Å².